The molecule has 0 fully saturated rings. The van der Waals surface area contributed by atoms with Crippen molar-refractivity contribution >= 4 is 11.7 Å². The van der Waals surface area contributed by atoms with Crippen LogP contribution in [0, 0.1) is 5.82 Å². The smallest absolute Gasteiger partial charge is 0.257 e. The van der Waals surface area contributed by atoms with E-state index in [2.05, 4.69) is 20.4 Å². The minimum absolute atomic E-state index is 0.249. The minimum atomic E-state index is -0.932. The second-order valence-electron chi connectivity index (χ2n) is 6.71. The monoisotopic (exact) mass is 353 g/mol. The molecule has 26 heavy (non-hydrogen) atoms. The summed E-state index contributed by atoms with van der Waals surface area (Å²) < 4.78 is 15.3. The molecule has 2 aromatic heterocycles. The molecule has 0 radical (unpaired) electrons. The molecule has 1 amide bonds. The van der Waals surface area contributed by atoms with Crippen molar-refractivity contribution in [1.82, 2.24) is 19.7 Å². The highest BCUT2D eigenvalue weighted by Gasteiger charge is 2.42. The number of halogens is 1. The van der Waals surface area contributed by atoms with Gasteiger partial charge in [0.05, 0.1) is 17.5 Å². The number of aromatic amines is 1. The van der Waals surface area contributed by atoms with Crippen LogP contribution in [0.1, 0.15) is 25.0 Å². The van der Waals surface area contributed by atoms with Gasteiger partial charge in [-0.2, -0.15) is 5.10 Å². The fraction of sp³-hybridized carbons (Fsp3) is 0.222. The van der Waals surface area contributed by atoms with E-state index < -0.39 is 5.41 Å². The van der Waals surface area contributed by atoms with Crippen LogP contribution in [-0.4, -0.2) is 25.7 Å². The number of anilines is 1. The van der Waals surface area contributed by atoms with Gasteiger partial charge in [-0.25, -0.2) is 9.37 Å². The zero-order valence-corrected chi connectivity index (χ0v) is 14.2. The number of hydrogen-bond donors (Lipinski definition) is 2. The van der Waals surface area contributed by atoms with Crippen LogP contribution in [0.25, 0.3) is 11.5 Å². The van der Waals surface area contributed by atoms with Crippen LogP contribution >= 0.6 is 0 Å². The molecule has 3 aromatic rings. The first-order chi connectivity index (χ1) is 12.4. The molecule has 1 aliphatic heterocycles. The number of nitrogens with zero attached hydrogens (tertiary/aromatic N) is 3. The summed E-state index contributed by atoms with van der Waals surface area (Å²) in [6, 6.07) is 8.14. The highest BCUT2D eigenvalue weighted by atomic mass is 19.1. The molecule has 0 bridgehead atoms. The lowest BCUT2D eigenvalue weighted by Gasteiger charge is -2.13. The number of H-pyrrole nitrogens is 1. The third-order valence-corrected chi connectivity index (χ3v) is 4.52. The number of carbonyl (C=O) groups is 1. The number of benzene rings is 1. The second-order valence-corrected chi connectivity index (χ2v) is 6.71. The van der Waals surface area contributed by atoms with Gasteiger partial charge in [0.2, 0.25) is 5.91 Å². The minimum Gasteiger partial charge on any atom is -0.309 e. The van der Waals surface area contributed by atoms with Crippen molar-refractivity contribution in [2.45, 2.75) is 25.8 Å². The van der Waals surface area contributed by atoms with E-state index in [0.717, 1.165) is 0 Å². The Bertz CT molecular complexity index is 1080. The standard InChI is InChI=1S/C18H16FN5O2/c1-18(2)13-15(22-17(18)26)20-14(21-16(13)25)12-7-8-24(23-12)9-10-5-3-4-6-11(10)19/h3-8H,9H2,1-2H3,(H2,20,21,22,25,26). The molecule has 8 heteroatoms. The molecule has 1 aliphatic rings. The first-order valence-electron chi connectivity index (χ1n) is 8.10. The van der Waals surface area contributed by atoms with Crippen LogP contribution in [0.5, 0.6) is 0 Å². The molecule has 0 saturated carbocycles. The summed E-state index contributed by atoms with van der Waals surface area (Å²) in [5.41, 5.74) is -0.0562. The van der Waals surface area contributed by atoms with Crippen LogP contribution in [0.15, 0.2) is 41.3 Å². The summed E-state index contributed by atoms with van der Waals surface area (Å²) in [6.07, 6.45) is 1.68. The van der Waals surface area contributed by atoms with Crippen molar-refractivity contribution in [2.24, 2.45) is 0 Å². The summed E-state index contributed by atoms with van der Waals surface area (Å²) in [7, 11) is 0. The molecule has 0 unspecified atom stereocenters. The number of rotatable bonds is 3. The molecule has 3 heterocycles. The van der Waals surface area contributed by atoms with Crippen molar-refractivity contribution < 1.29 is 9.18 Å². The maximum atomic E-state index is 13.8. The Morgan fingerprint density at radius 3 is 2.73 bits per heavy atom. The molecule has 0 aliphatic carbocycles. The highest BCUT2D eigenvalue weighted by molar-refractivity contribution is 6.04. The molecule has 0 atom stereocenters. The summed E-state index contributed by atoms with van der Waals surface area (Å²) >= 11 is 0. The third kappa shape index (κ3) is 2.50. The van der Waals surface area contributed by atoms with E-state index in [1.807, 2.05) is 0 Å². The van der Waals surface area contributed by atoms with E-state index in [4.69, 9.17) is 0 Å². The molecule has 7 nitrogen and oxygen atoms in total. The van der Waals surface area contributed by atoms with Crippen LogP contribution in [0.3, 0.4) is 0 Å². The number of fused-ring (bicyclic) bond motifs is 1. The Hall–Kier alpha value is -3.29. The molecule has 1 aromatic carbocycles. The van der Waals surface area contributed by atoms with Gasteiger partial charge in [0.15, 0.2) is 5.82 Å². The molecule has 0 spiro atoms. The Balaban J connectivity index is 1.68. The molecule has 132 valence electrons. The predicted molar refractivity (Wildman–Crippen MR) is 93.2 cm³/mol. The van der Waals surface area contributed by atoms with Gasteiger partial charge in [0, 0.05) is 11.8 Å². The molecule has 4 rings (SSSR count). The Labute approximate surface area is 147 Å². The van der Waals surface area contributed by atoms with E-state index in [1.165, 1.54) is 6.07 Å². The van der Waals surface area contributed by atoms with Crippen molar-refractivity contribution in [3.63, 3.8) is 0 Å². The van der Waals surface area contributed by atoms with E-state index in [9.17, 15) is 14.0 Å². The van der Waals surface area contributed by atoms with Gasteiger partial charge in [0.25, 0.3) is 5.56 Å². The second kappa shape index (κ2) is 5.62. The fourth-order valence-electron chi connectivity index (χ4n) is 3.02. The van der Waals surface area contributed by atoms with Gasteiger partial charge in [-0.3, -0.25) is 14.3 Å². The normalized spacial score (nSPS) is 15.0. The van der Waals surface area contributed by atoms with Gasteiger partial charge >= 0.3 is 0 Å². The number of amides is 1. The quantitative estimate of drug-likeness (QED) is 0.754. The summed E-state index contributed by atoms with van der Waals surface area (Å²) in [5.74, 6) is -0.0762. The van der Waals surface area contributed by atoms with Gasteiger partial charge in [0.1, 0.15) is 17.3 Å². The first-order valence-corrected chi connectivity index (χ1v) is 8.10. The number of carbonyl (C=O) groups excluding carboxylic acids is 1. The van der Waals surface area contributed by atoms with Crippen LogP contribution in [0.4, 0.5) is 10.2 Å². The zero-order chi connectivity index (χ0) is 18.5. The first kappa shape index (κ1) is 16.2. The van der Waals surface area contributed by atoms with Gasteiger partial charge in [-0.1, -0.05) is 18.2 Å². The lowest BCUT2D eigenvalue weighted by molar-refractivity contribution is -0.119. The molecule has 0 saturated heterocycles. The lowest BCUT2D eigenvalue weighted by atomic mass is 9.88. The fourth-order valence-corrected chi connectivity index (χ4v) is 3.02. The SMILES string of the molecule is CC1(C)C(=O)Nc2nc(-c3ccn(Cc4ccccc4F)n3)[nH]c(=O)c21. The summed E-state index contributed by atoms with van der Waals surface area (Å²) in [5, 5.41) is 6.98. The topological polar surface area (TPSA) is 92.7 Å². The summed E-state index contributed by atoms with van der Waals surface area (Å²) in [4.78, 5) is 31.5. The van der Waals surface area contributed by atoms with E-state index in [-0.39, 0.29) is 35.5 Å². The van der Waals surface area contributed by atoms with Gasteiger partial charge < -0.3 is 10.3 Å². The Morgan fingerprint density at radius 2 is 1.96 bits per heavy atom. The maximum Gasteiger partial charge on any atom is 0.257 e. The average molecular weight is 353 g/mol. The predicted octanol–water partition coefficient (Wildman–Crippen LogP) is 2.05. The van der Waals surface area contributed by atoms with Crippen LogP contribution in [-0.2, 0) is 16.8 Å². The van der Waals surface area contributed by atoms with Gasteiger partial charge in [-0.15, -0.1) is 0 Å². The van der Waals surface area contributed by atoms with Crippen molar-refractivity contribution in [3.8, 4) is 11.5 Å². The van der Waals surface area contributed by atoms with Crippen molar-refractivity contribution in [1.29, 1.82) is 0 Å². The average Bonchev–Trinajstić information content (AvgIpc) is 3.13. The number of aromatic nitrogens is 4. The zero-order valence-electron chi connectivity index (χ0n) is 14.2. The third-order valence-electron chi connectivity index (χ3n) is 4.52. The van der Waals surface area contributed by atoms with Gasteiger partial charge in [-0.05, 0) is 26.0 Å². The van der Waals surface area contributed by atoms with Crippen molar-refractivity contribution in [3.05, 3.63) is 63.8 Å². The van der Waals surface area contributed by atoms with Crippen molar-refractivity contribution in [2.75, 3.05) is 5.32 Å². The lowest BCUT2D eigenvalue weighted by Crippen LogP contribution is -2.31. The van der Waals surface area contributed by atoms with Crippen LogP contribution in [0.2, 0.25) is 0 Å². The number of hydrogen-bond acceptors (Lipinski definition) is 4. The number of nitrogens with one attached hydrogen (secondary N) is 2. The Kier molecular flexibility index (Phi) is 3.50. The largest absolute Gasteiger partial charge is 0.309 e. The van der Waals surface area contributed by atoms with E-state index >= 15 is 0 Å². The highest BCUT2D eigenvalue weighted by Crippen LogP contribution is 2.33. The van der Waals surface area contributed by atoms with E-state index in [0.29, 0.717) is 16.8 Å². The molecular weight excluding hydrogens is 337 g/mol. The maximum absolute atomic E-state index is 13.8. The van der Waals surface area contributed by atoms with Crippen LogP contribution < -0.4 is 10.9 Å². The molecule has 2 N–H and O–H groups in total. The van der Waals surface area contributed by atoms with E-state index in [1.54, 1.807) is 49.0 Å². The molecular formula is C18H16FN5O2. The Morgan fingerprint density at radius 1 is 1.19 bits per heavy atom. The summed E-state index contributed by atoms with van der Waals surface area (Å²) in [6.45, 7) is 3.60.